The normalized spacial score (nSPS) is 11.8. The number of H-pyrrole nitrogens is 1. The fourth-order valence-electron chi connectivity index (χ4n) is 4.43. The fraction of sp³-hybridized carbons (Fsp3) is 0.565. The molecule has 206 valence electrons. The molecule has 13 nitrogen and oxygen atoms in total. The van der Waals surface area contributed by atoms with Crippen molar-refractivity contribution in [3.05, 3.63) is 46.4 Å². The van der Waals surface area contributed by atoms with Gasteiger partial charge in [0.1, 0.15) is 0 Å². The molecular formula is C23H32BrN9O4S. The van der Waals surface area contributed by atoms with E-state index < -0.39 is 16.9 Å². The monoisotopic (exact) mass is 609 g/mol. The molecule has 0 amide bonds. The molecule has 38 heavy (non-hydrogen) atoms. The quantitative estimate of drug-likeness (QED) is 0.137. The van der Waals surface area contributed by atoms with Gasteiger partial charge in [-0.1, -0.05) is 31.5 Å². The fourth-order valence-corrected chi connectivity index (χ4v) is 5.90. The summed E-state index contributed by atoms with van der Waals surface area (Å²) in [5, 5.41) is 0.676. The van der Waals surface area contributed by atoms with Crippen molar-refractivity contribution in [2.45, 2.75) is 63.8 Å². The van der Waals surface area contributed by atoms with Crippen molar-refractivity contribution in [2.75, 3.05) is 12.3 Å². The summed E-state index contributed by atoms with van der Waals surface area (Å²) in [6, 6.07) is 0. The van der Waals surface area contributed by atoms with Crippen molar-refractivity contribution in [3.8, 4) is 0 Å². The zero-order chi connectivity index (χ0) is 27.6. The van der Waals surface area contributed by atoms with Crippen molar-refractivity contribution >= 4 is 50.0 Å². The maximum Gasteiger partial charge on any atom is 0.332 e. The van der Waals surface area contributed by atoms with Crippen LogP contribution in [-0.2, 0) is 33.7 Å². The van der Waals surface area contributed by atoms with Crippen LogP contribution in [0.1, 0.15) is 39.0 Å². The highest BCUT2D eigenvalue weighted by Gasteiger charge is 2.21. The number of thioether (sulfide) groups is 1. The smallest absolute Gasteiger partial charge is 0.330 e. The molecule has 0 aliphatic heterocycles. The molecule has 3 N–H and O–H groups in total. The molecule has 0 bridgehead atoms. The molecule has 0 aliphatic rings. The second-order valence-corrected chi connectivity index (χ2v) is 10.9. The SMILES string of the molecule is CCCCCn1c(SCCCn2c(Br)nc3c2c(=O)[nH]c(=O)n3C)nc2c1c(=O)n(CCCN)c(=O)n2C. The van der Waals surface area contributed by atoms with Gasteiger partial charge in [0.15, 0.2) is 32.2 Å². The summed E-state index contributed by atoms with van der Waals surface area (Å²) >= 11 is 4.90. The molecule has 0 atom stereocenters. The van der Waals surface area contributed by atoms with Crippen molar-refractivity contribution in [3.63, 3.8) is 0 Å². The first-order valence-electron chi connectivity index (χ1n) is 12.6. The van der Waals surface area contributed by atoms with Gasteiger partial charge >= 0.3 is 11.4 Å². The number of fused-ring (bicyclic) bond motifs is 2. The highest BCUT2D eigenvalue weighted by molar-refractivity contribution is 9.10. The van der Waals surface area contributed by atoms with Gasteiger partial charge in [-0.15, -0.1) is 0 Å². The number of unbranched alkanes of at least 4 members (excludes halogenated alkanes) is 2. The highest BCUT2D eigenvalue weighted by atomic mass is 79.9. The van der Waals surface area contributed by atoms with Crippen LogP contribution >= 0.6 is 27.7 Å². The number of rotatable bonds is 12. The summed E-state index contributed by atoms with van der Waals surface area (Å²) in [4.78, 5) is 62.0. The lowest BCUT2D eigenvalue weighted by atomic mass is 10.2. The summed E-state index contributed by atoms with van der Waals surface area (Å²) in [5.74, 6) is 0.641. The molecule has 4 heterocycles. The molecule has 4 rings (SSSR count). The molecule has 4 aromatic heterocycles. The standard InChI is InChI=1S/C23H32BrN9O4S/c1-4-5-6-10-32-15-17(30(3)23(37)33(19(15)35)11-7-9-25)27-22(32)38-13-8-12-31-14-16(26-20(31)24)29(2)21(36)28-18(14)34/h4-13,25H2,1-3H3,(H,28,34,36). The number of aryl methyl sites for hydroxylation is 4. The number of nitrogens with zero attached hydrogens (tertiary/aromatic N) is 7. The number of hydrogen-bond acceptors (Lipinski definition) is 8. The minimum atomic E-state index is -0.520. The highest BCUT2D eigenvalue weighted by Crippen LogP contribution is 2.24. The maximum atomic E-state index is 13.4. The van der Waals surface area contributed by atoms with E-state index in [1.807, 2.05) is 4.57 Å². The van der Waals surface area contributed by atoms with E-state index in [0.717, 1.165) is 19.3 Å². The Morgan fingerprint density at radius 1 is 0.868 bits per heavy atom. The van der Waals surface area contributed by atoms with Gasteiger partial charge in [0, 0.05) is 39.5 Å². The van der Waals surface area contributed by atoms with Crippen LogP contribution in [0.2, 0.25) is 0 Å². The van der Waals surface area contributed by atoms with E-state index in [4.69, 9.17) is 10.7 Å². The maximum absolute atomic E-state index is 13.4. The zero-order valence-corrected chi connectivity index (χ0v) is 24.1. The molecule has 0 unspecified atom stereocenters. The molecule has 0 spiro atoms. The van der Waals surface area contributed by atoms with E-state index in [2.05, 4.69) is 32.8 Å². The minimum Gasteiger partial charge on any atom is -0.330 e. The van der Waals surface area contributed by atoms with Gasteiger partial charge < -0.3 is 14.9 Å². The predicted octanol–water partition coefficient (Wildman–Crippen LogP) is 1.12. The molecule has 0 fully saturated rings. The number of hydrogen-bond donors (Lipinski definition) is 2. The van der Waals surface area contributed by atoms with Gasteiger partial charge in [0.05, 0.1) is 0 Å². The van der Waals surface area contributed by atoms with Gasteiger partial charge in [0.25, 0.3) is 11.1 Å². The average Bonchev–Trinajstić information content (AvgIpc) is 3.42. The van der Waals surface area contributed by atoms with Crippen molar-refractivity contribution < 1.29 is 0 Å². The van der Waals surface area contributed by atoms with Crippen LogP contribution in [0.5, 0.6) is 0 Å². The minimum absolute atomic E-state index is 0.263. The largest absolute Gasteiger partial charge is 0.332 e. The Kier molecular flexibility index (Phi) is 8.78. The topological polar surface area (TPSA) is 161 Å². The lowest BCUT2D eigenvalue weighted by Crippen LogP contribution is -2.40. The van der Waals surface area contributed by atoms with Crippen molar-refractivity contribution in [1.82, 2.24) is 37.8 Å². The molecule has 0 radical (unpaired) electrons. The number of nitrogens with one attached hydrogen (secondary N) is 1. The van der Waals surface area contributed by atoms with Crippen LogP contribution < -0.4 is 28.2 Å². The molecule has 15 heteroatoms. The molecular weight excluding hydrogens is 578 g/mol. The summed E-state index contributed by atoms with van der Waals surface area (Å²) in [7, 11) is 3.19. The first kappa shape index (κ1) is 28.1. The van der Waals surface area contributed by atoms with Crippen LogP contribution in [0, 0.1) is 0 Å². The van der Waals surface area contributed by atoms with Crippen LogP contribution in [0.25, 0.3) is 22.3 Å². The predicted molar refractivity (Wildman–Crippen MR) is 151 cm³/mol. The van der Waals surface area contributed by atoms with E-state index in [-0.39, 0.29) is 12.1 Å². The number of nitrogens with two attached hydrogens (primary N) is 1. The first-order valence-corrected chi connectivity index (χ1v) is 14.4. The second kappa shape index (κ2) is 11.9. The van der Waals surface area contributed by atoms with E-state index >= 15 is 0 Å². The first-order chi connectivity index (χ1) is 18.2. The van der Waals surface area contributed by atoms with Crippen LogP contribution in [0.3, 0.4) is 0 Å². The molecule has 0 saturated carbocycles. The Labute approximate surface area is 229 Å². The Balaban J connectivity index is 1.63. The Hall–Kier alpha value is -2.91. The molecule has 0 saturated heterocycles. The number of halogens is 1. The molecule has 0 aromatic carbocycles. The average molecular weight is 611 g/mol. The third kappa shape index (κ3) is 5.18. The second-order valence-electron chi connectivity index (χ2n) is 9.09. The van der Waals surface area contributed by atoms with E-state index in [1.54, 1.807) is 18.7 Å². The molecule has 4 aromatic rings. The van der Waals surface area contributed by atoms with E-state index in [1.165, 1.54) is 25.5 Å². The van der Waals surface area contributed by atoms with Gasteiger partial charge in [-0.05, 0) is 41.7 Å². The summed E-state index contributed by atoms with van der Waals surface area (Å²) < 4.78 is 8.10. The van der Waals surface area contributed by atoms with Crippen LogP contribution in [-0.4, -0.2) is 50.1 Å². The lowest BCUT2D eigenvalue weighted by molar-refractivity contribution is 0.561. The Bertz CT molecular complexity index is 1710. The van der Waals surface area contributed by atoms with Crippen molar-refractivity contribution in [1.29, 1.82) is 0 Å². The summed E-state index contributed by atoms with van der Waals surface area (Å²) in [5.41, 5.74) is 5.30. The molecule has 0 aliphatic carbocycles. The summed E-state index contributed by atoms with van der Waals surface area (Å²) in [6.07, 6.45) is 4.12. The van der Waals surface area contributed by atoms with E-state index in [9.17, 15) is 19.2 Å². The third-order valence-corrected chi connectivity index (χ3v) is 8.15. The van der Waals surface area contributed by atoms with Crippen LogP contribution in [0.4, 0.5) is 0 Å². The van der Waals surface area contributed by atoms with Gasteiger partial charge in [0.2, 0.25) is 0 Å². The number of aromatic nitrogens is 8. The van der Waals surface area contributed by atoms with Gasteiger partial charge in [-0.3, -0.25) is 28.3 Å². The Morgan fingerprint density at radius 2 is 1.55 bits per heavy atom. The van der Waals surface area contributed by atoms with Crippen LogP contribution in [0.15, 0.2) is 29.1 Å². The zero-order valence-electron chi connectivity index (χ0n) is 21.7. The van der Waals surface area contributed by atoms with Gasteiger partial charge in [-0.2, -0.15) is 0 Å². The van der Waals surface area contributed by atoms with Gasteiger partial charge in [-0.25, -0.2) is 19.6 Å². The van der Waals surface area contributed by atoms with E-state index in [0.29, 0.717) is 70.4 Å². The number of aromatic amines is 1. The Morgan fingerprint density at radius 3 is 2.26 bits per heavy atom. The third-order valence-electron chi connectivity index (χ3n) is 6.49. The number of imidazole rings is 2. The lowest BCUT2D eigenvalue weighted by Gasteiger charge is -2.11. The summed E-state index contributed by atoms with van der Waals surface area (Å²) in [6.45, 7) is 3.87. The van der Waals surface area contributed by atoms with Crippen molar-refractivity contribution in [2.24, 2.45) is 19.8 Å².